The van der Waals surface area contributed by atoms with E-state index in [-0.39, 0.29) is 5.91 Å². The molecule has 0 bridgehead atoms. The van der Waals surface area contributed by atoms with E-state index < -0.39 is 0 Å². The molecule has 0 saturated heterocycles. The Bertz CT molecular complexity index is 796. The summed E-state index contributed by atoms with van der Waals surface area (Å²) >= 11 is 0. The molecule has 2 N–H and O–H groups in total. The maximum Gasteiger partial charge on any atom is 0.251 e. The number of nitrogens with zero attached hydrogens (tertiary/aromatic N) is 1. The van der Waals surface area contributed by atoms with Crippen molar-refractivity contribution in [2.45, 2.75) is 6.42 Å². The molecule has 0 spiro atoms. The first-order valence-corrected chi connectivity index (χ1v) is 7.78. The van der Waals surface area contributed by atoms with E-state index in [4.69, 9.17) is 4.74 Å². The molecule has 1 amide bonds. The molecule has 0 aliphatic rings. The van der Waals surface area contributed by atoms with Crippen LogP contribution in [-0.2, 0) is 6.42 Å². The number of hydrogen-bond donors (Lipinski definition) is 2. The second kappa shape index (κ2) is 7.46. The highest BCUT2D eigenvalue weighted by molar-refractivity contribution is 5.94. The molecular formula is C19H19N3O2. The zero-order chi connectivity index (χ0) is 16.8. The molecule has 0 atom stereocenters. The fraction of sp³-hybridized carbons (Fsp3) is 0.158. The number of carbonyl (C=O) groups excluding carboxylic acids is 1. The second-order valence-electron chi connectivity index (χ2n) is 5.33. The minimum absolute atomic E-state index is 0.0871. The van der Waals surface area contributed by atoms with Crippen molar-refractivity contribution in [2.75, 3.05) is 13.7 Å². The first-order valence-electron chi connectivity index (χ1n) is 7.78. The molecule has 0 unspecified atom stereocenters. The fourth-order valence-electron chi connectivity index (χ4n) is 2.52. The molecule has 0 radical (unpaired) electrons. The van der Waals surface area contributed by atoms with Gasteiger partial charge in [-0.25, -0.2) is 4.98 Å². The summed E-state index contributed by atoms with van der Waals surface area (Å²) in [5.41, 5.74) is 2.66. The van der Waals surface area contributed by atoms with Gasteiger partial charge in [0, 0.05) is 30.1 Å². The van der Waals surface area contributed by atoms with E-state index in [9.17, 15) is 4.79 Å². The van der Waals surface area contributed by atoms with E-state index in [1.54, 1.807) is 31.6 Å². The van der Waals surface area contributed by atoms with Crippen molar-refractivity contribution in [3.63, 3.8) is 0 Å². The van der Waals surface area contributed by atoms with Crippen molar-refractivity contribution < 1.29 is 9.53 Å². The van der Waals surface area contributed by atoms with E-state index in [0.29, 0.717) is 12.1 Å². The highest BCUT2D eigenvalue weighted by atomic mass is 16.5. The molecule has 2 aromatic carbocycles. The van der Waals surface area contributed by atoms with Crippen LogP contribution in [0.2, 0.25) is 0 Å². The number of imidazole rings is 1. The van der Waals surface area contributed by atoms with Gasteiger partial charge in [-0.1, -0.05) is 30.3 Å². The molecule has 0 saturated carbocycles. The summed E-state index contributed by atoms with van der Waals surface area (Å²) in [6, 6.07) is 15.2. The summed E-state index contributed by atoms with van der Waals surface area (Å²) in [6.45, 7) is 0.555. The number of nitrogens with one attached hydrogen (secondary N) is 2. The van der Waals surface area contributed by atoms with Crippen LogP contribution in [0.15, 0.2) is 60.9 Å². The van der Waals surface area contributed by atoms with Crippen LogP contribution in [0.25, 0.3) is 11.4 Å². The van der Waals surface area contributed by atoms with Crippen molar-refractivity contribution in [1.82, 2.24) is 15.3 Å². The Hall–Kier alpha value is -3.08. The highest BCUT2D eigenvalue weighted by Crippen LogP contribution is 2.17. The third-order valence-electron chi connectivity index (χ3n) is 3.79. The standard InChI is InChI=1S/C19H19N3O2/c1-24-17-5-3-2-4-14(17)10-11-22-19(23)16-8-6-15(7-9-16)18-20-12-13-21-18/h2-9,12-13H,10-11H2,1H3,(H,20,21)(H,22,23). The van der Waals surface area contributed by atoms with Crippen molar-refractivity contribution in [3.05, 3.63) is 72.1 Å². The van der Waals surface area contributed by atoms with Gasteiger partial charge < -0.3 is 15.0 Å². The SMILES string of the molecule is COc1ccccc1CCNC(=O)c1ccc(-c2ncc[nH]2)cc1. The fourth-order valence-corrected chi connectivity index (χ4v) is 2.52. The van der Waals surface area contributed by atoms with Crippen LogP contribution in [0.4, 0.5) is 0 Å². The van der Waals surface area contributed by atoms with Crippen LogP contribution in [-0.4, -0.2) is 29.5 Å². The van der Waals surface area contributed by atoms with Crippen LogP contribution in [0.5, 0.6) is 5.75 Å². The van der Waals surface area contributed by atoms with Crippen molar-refractivity contribution in [1.29, 1.82) is 0 Å². The zero-order valence-electron chi connectivity index (χ0n) is 13.5. The van der Waals surface area contributed by atoms with Gasteiger partial charge in [-0.05, 0) is 30.2 Å². The zero-order valence-corrected chi connectivity index (χ0v) is 13.5. The van der Waals surface area contributed by atoms with Crippen molar-refractivity contribution in [2.24, 2.45) is 0 Å². The summed E-state index contributed by atoms with van der Waals surface area (Å²) in [6.07, 6.45) is 4.20. The smallest absolute Gasteiger partial charge is 0.251 e. The largest absolute Gasteiger partial charge is 0.496 e. The molecule has 0 aliphatic carbocycles. The van der Waals surface area contributed by atoms with Crippen LogP contribution in [0.3, 0.4) is 0 Å². The molecule has 5 nitrogen and oxygen atoms in total. The Labute approximate surface area is 140 Å². The Morgan fingerprint density at radius 1 is 1.17 bits per heavy atom. The molecule has 122 valence electrons. The van der Waals surface area contributed by atoms with Gasteiger partial charge in [-0.2, -0.15) is 0 Å². The predicted octanol–water partition coefficient (Wildman–Crippen LogP) is 3.06. The lowest BCUT2D eigenvalue weighted by atomic mass is 10.1. The average Bonchev–Trinajstić information content (AvgIpc) is 3.17. The second-order valence-corrected chi connectivity index (χ2v) is 5.33. The number of carbonyl (C=O) groups is 1. The predicted molar refractivity (Wildman–Crippen MR) is 93.1 cm³/mol. The molecule has 3 aromatic rings. The molecule has 0 aliphatic heterocycles. The Kier molecular flexibility index (Phi) is 4.91. The van der Waals surface area contributed by atoms with Crippen molar-refractivity contribution >= 4 is 5.91 Å². The van der Waals surface area contributed by atoms with Gasteiger partial charge in [0.2, 0.25) is 0 Å². The lowest BCUT2D eigenvalue weighted by molar-refractivity contribution is 0.0954. The normalized spacial score (nSPS) is 10.4. The number of aromatic nitrogens is 2. The number of hydrogen-bond acceptors (Lipinski definition) is 3. The maximum absolute atomic E-state index is 12.2. The average molecular weight is 321 g/mol. The van der Waals surface area contributed by atoms with E-state index in [2.05, 4.69) is 15.3 Å². The molecule has 24 heavy (non-hydrogen) atoms. The van der Waals surface area contributed by atoms with Crippen LogP contribution in [0, 0.1) is 0 Å². The number of benzene rings is 2. The Morgan fingerprint density at radius 3 is 2.67 bits per heavy atom. The summed E-state index contributed by atoms with van der Waals surface area (Å²) in [5, 5.41) is 2.94. The number of rotatable bonds is 6. The van der Waals surface area contributed by atoms with Crippen LogP contribution in [0.1, 0.15) is 15.9 Å². The van der Waals surface area contributed by atoms with Gasteiger partial charge in [0.1, 0.15) is 11.6 Å². The number of methoxy groups -OCH3 is 1. The molecular weight excluding hydrogens is 302 g/mol. The van der Waals surface area contributed by atoms with E-state index >= 15 is 0 Å². The van der Waals surface area contributed by atoms with Gasteiger partial charge in [-0.15, -0.1) is 0 Å². The molecule has 1 aromatic heterocycles. The molecule has 0 fully saturated rings. The monoisotopic (exact) mass is 321 g/mol. The van der Waals surface area contributed by atoms with E-state index in [1.165, 1.54) is 0 Å². The first-order chi connectivity index (χ1) is 11.8. The van der Waals surface area contributed by atoms with Gasteiger partial charge >= 0.3 is 0 Å². The highest BCUT2D eigenvalue weighted by Gasteiger charge is 2.07. The molecule has 5 heteroatoms. The van der Waals surface area contributed by atoms with Gasteiger partial charge in [0.15, 0.2) is 0 Å². The van der Waals surface area contributed by atoms with E-state index in [0.717, 1.165) is 29.1 Å². The molecule has 3 rings (SSSR count). The third kappa shape index (κ3) is 3.63. The van der Waals surface area contributed by atoms with E-state index in [1.807, 2.05) is 36.4 Å². The maximum atomic E-state index is 12.2. The summed E-state index contributed by atoms with van der Waals surface area (Å²) < 4.78 is 5.31. The summed E-state index contributed by atoms with van der Waals surface area (Å²) in [5.74, 6) is 1.54. The lowest BCUT2D eigenvalue weighted by Gasteiger charge is -2.09. The minimum atomic E-state index is -0.0871. The summed E-state index contributed by atoms with van der Waals surface area (Å²) in [7, 11) is 1.65. The van der Waals surface area contributed by atoms with Gasteiger partial charge in [-0.3, -0.25) is 4.79 Å². The Balaban J connectivity index is 1.57. The number of amides is 1. The molecule has 1 heterocycles. The third-order valence-corrected chi connectivity index (χ3v) is 3.79. The number of para-hydroxylation sites is 1. The van der Waals surface area contributed by atoms with Crippen LogP contribution >= 0.6 is 0 Å². The topological polar surface area (TPSA) is 67.0 Å². The lowest BCUT2D eigenvalue weighted by Crippen LogP contribution is -2.25. The minimum Gasteiger partial charge on any atom is -0.496 e. The van der Waals surface area contributed by atoms with Gasteiger partial charge in [0.05, 0.1) is 7.11 Å². The van der Waals surface area contributed by atoms with Crippen molar-refractivity contribution in [3.8, 4) is 17.1 Å². The van der Waals surface area contributed by atoms with Crippen LogP contribution < -0.4 is 10.1 Å². The summed E-state index contributed by atoms with van der Waals surface area (Å²) in [4.78, 5) is 19.5. The quantitative estimate of drug-likeness (QED) is 0.733. The number of H-pyrrole nitrogens is 1. The number of aromatic amines is 1. The van der Waals surface area contributed by atoms with Gasteiger partial charge in [0.25, 0.3) is 5.91 Å². The number of ether oxygens (including phenoxy) is 1. The Morgan fingerprint density at radius 2 is 1.96 bits per heavy atom. The first kappa shape index (κ1) is 15.8.